The summed E-state index contributed by atoms with van der Waals surface area (Å²) in [5, 5.41) is 2.86. The van der Waals surface area contributed by atoms with E-state index in [0.29, 0.717) is 6.54 Å². The molecule has 0 bridgehead atoms. The van der Waals surface area contributed by atoms with E-state index in [4.69, 9.17) is 16.3 Å². The van der Waals surface area contributed by atoms with Gasteiger partial charge < -0.3 is 10.1 Å². The Morgan fingerprint density at radius 2 is 2.29 bits per heavy atom. The fourth-order valence-corrected chi connectivity index (χ4v) is 1.86. The predicted molar refractivity (Wildman–Crippen MR) is 77.6 cm³/mol. The van der Waals surface area contributed by atoms with Gasteiger partial charge in [0.25, 0.3) is 5.91 Å². The zero-order chi connectivity index (χ0) is 15.2. The lowest BCUT2D eigenvalue weighted by Gasteiger charge is -2.15. The molecule has 110 valence electrons. The number of aromatic nitrogens is 1. The molecule has 2 aromatic rings. The first-order valence-electron chi connectivity index (χ1n) is 6.34. The second-order valence-corrected chi connectivity index (χ2v) is 4.82. The van der Waals surface area contributed by atoms with Crippen molar-refractivity contribution in [1.82, 2.24) is 10.3 Å². The van der Waals surface area contributed by atoms with Crippen LogP contribution in [0.25, 0.3) is 0 Å². The molecule has 1 atom stereocenters. The molecule has 1 unspecified atom stereocenters. The standard InChI is InChI=1S/C15H14ClFN2O2/c1-10(21-14-5-4-12(17)7-13(14)16)15(20)19-9-11-3-2-6-18-8-11/h2-8,10H,9H2,1H3,(H,19,20). The number of carbonyl (C=O) groups excluding carboxylic acids is 1. The van der Waals surface area contributed by atoms with Crippen LogP contribution in [0, 0.1) is 5.82 Å². The number of benzene rings is 1. The van der Waals surface area contributed by atoms with Gasteiger partial charge in [-0.3, -0.25) is 9.78 Å². The number of nitrogens with zero attached hydrogens (tertiary/aromatic N) is 1. The maximum Gasteiger partial charge on any atom is 0.261 e. The molecule has 0 spiro atoms. The predicted octanol–water partition coefficient (Wildman–Crippen LogP) is 2.96. The molecule has 4 nitrogen and oxygen atoms in total. The summed E-state index contributed by atoms with van der Waals surface area (Å²) in [6, 6.07) is 7.40. The monoisotopic (exact) mass is 308 g/mol. The number of hydrogen-bond donors (Lipinski definition) is 1. The third-order valence-corrected chi connectivity index (χ3v) is 3.05. The third kappa shape index (κ3) is 4.43. The Kier molecular flexibility index (Phi) is 5.11. The maximum absolute atomic E-state index is 12.9. The van der Waals surface area contributed by atoms with Crippen LogP contribution in [0.5, 0.6) is 5.75 Å². The van der Waals surface area contributed by atoms with Crippen molar-refractivity contribution in [3.63, 3.8) is 0 Å². The summed E-state index contributed by atoms with van der Waals surface area (Å²) in [6.07, 6.45) is 2.58. The van der Waals surface area contributed by atoms with Gasteiger partial charge in [-0.1, -0.05) is 17.7 Å². The molecule has 0 saturated carbocycles. The number of nitrogens with one attached hydrogen (secondary N) is 1. The number of rotatable bonds is 5. The van der Waals surface area contributed by atoms with E-state index in [9.17, 15) is 9.18 Å². The minimum absolute atomic E-state index is 0.127. The Morgan fingerprint density at radius 1 is 1.48 bits per heavy atom. The van der Waals surface area contributed by atoms with Crippen molar-refractivity contribution in [2.75, 3.05) is 0 Å². The van der Waals surface area contributed by atoms with Crippen molar-refractivity contribution in [2.24, 2.45) is 0 Å². The van der Waals surface area contributed by atoms with E-state index < -0.39 is 11.9 Å². The first-order chi connectivity index (χ1) is 10.1. The van der Waals surface area contributed by atoms with E-state index in [2.05, 4.69) is 10.3 Å². The van der Waals surface area contributed by atoms with Crippen molar-refractivity contribution in [1.29, 1.82) is 0 Å². The molecule has 21 heavy (non-hydrogen) atoms. The Hall–Kier alpha value is -2.14. The fourth-order valence-electron chi connectivity index (χ4n) is 1.65. The van der Waals surface area contributed by atoms with E-state index >= 15 is 0 Å². The maximum atomic E-state index is 12.9. The summed E-state index contributed by atoms with van der Waals surface area (Å²) >= 11 is 5.85. The molecule has 1 N–H and O–H groups in total. The van der Waals surface area contributed by atoms with Crippen molar-refractivity contribution in [3.8, 4) is 5.75 Å². The van der Waals surface area contributed by atoms with Crippen molar-refractivity contribution in [3.05, 3.63) is 59.1 Å². The second kappa shape index (κ2) is 7.04. The van der Waals surface area contributed by atoms with Crippen LogP contribution < -0.4 is 10.1 Å². The summed E-state index contributed by atoms with van der Waals surface area (Å²) in [4.78, 5) is 15.9. The molecule has 0 aliphatic rings. The van der Waals surface area contributed by atoms with Gasteiger partial charge in [-0.25, -0.2) is 4.39 Å². The second-order valence-electron chi connectivity index (χ2n) is 4.41. The van der Waals surface area contributed by atoms with Gasteiger partial charge in [0, 0.05) is 18.9 Å². The Bertz CT molecular complexity index is 622. The zero-order valence-corrected chi connectivity index (χ0v) is 12.1. The molecule has 2 rings (SSSR count). The first-order valence-corrected chi connectivity index (χ1v) is 6.72. The molecule has 1 amide bonds. The number of amides is 1. The Labute approximate surface area is 126 Å². The number of hydrogen-bond acceptors (Lipinski definition) is 3. The Balaban J connectivity index is 1.90. The largest absolute Gasteiger partial charge is 0.479 e. The van der Waals surface area contributed by atoms with E-state index in [1.54, 1.807) is 25.4 Å². The lowest BCUT2D eigenvalue weighted by molar-refractivity contribution is -0.127. The summed E-state index contributed by atoms with van der Waals surface area (Å²) in [6.45, 7) is 1.95. The van der Waals surface area contributed by atoms with E-state index in [-0.39, 0.29) is 16.7 Å². The molecule has 0 saturated heterocycles. The van der Waals surface area contributed by atoms with Gasteiger partial charge in [0.15, 0.2) is 6.10 Å². The average Bonchev–Trinajstić information content (AvgIpc) is 2.48. The third-order valence-electron chi connectivity index (χ3n) is 2.76. The molecule has 1 heterocycles. The molecule has 0 radical (unpaired) electrons. The van der Waals surface area contributed by atoms with Crippen LogP contribution in [-0.2, 0) is 11.3 Å². The first kappa shape index (κ1) is 15.3. The van der Waals surface area contributed by atoms with Crippen LogP contribution in [0.2, 0.25) is 5.02 Å². The highest BCUT2D eigenvalue weighted by Crippen LogP contribution is 2.25. The van der Waals surface area contributed by atoms with Crippen molar-refractivity contribution < 1.29 is 13.9 Å². The highest BCUT2D eigenvalue weighted by atomic mass is 35.5. The van der Waals surface area contributed by atoms with Gasteiger partial charge in [0.1, 0.15) is 11.6 Å². The molecule has 6 heteroatoms. The minimum Gasteiger partial charge on any atom is -0.479 e. The topological polar surface area (TPSA) is 51.2 Å². The summed E-state index contributed by atoms with van der Waals surface area (Å²) in [5.74, 6) is -0.484. The van der Waals surface area contributed by atoms with E-state index in [1.165, 1.54) is 12.1 Å². The Morgan fingerprint density at radius 3 is 2.95 bits per heavy atom. The van der Waals surface area contributed by atoms with Crippen LogP contribution in [-0.4, -0.2) is 17.0 Å². The highest BCUT2D eigenvalue weighted by Gasteiger charge is 2.16. The zero-order valence-electron chi connectivity index (χ0n) is 11.3. The molecule has 0 aliphatic carbocycles. The lowest BCUT2D eigenvalue weighted by atomic mass is 10.2. The van der Waals surface area contributed by atoms with Gasteiger partial charge in [0.2, 0.25) is 0 Å². The van der Waals surface area contributed by atoms with Crippen LogP contribution in [0.3, 0.4) is 0 Å². The molecule has 0 aliphatic heterocycles. The smallest absolute Gasteiger partial charge is 0.261 e. The number of carbonyl (C=O) groups is 1. The van der Waals surface area contributed by atoms with Crippen LogP contribution >= 0.6 is 11.6 Å². The van der Waals surface area contributed by atoms with Crippen molar-refractivity contribution >= 4 is 17.5 Å². The molecule has 0 fully saturated rings. The van der Waals surface area contributed by atoms with Gasteiger partial charge in [-0.2, -0.15) is 0 Å². The van der Waals surface area contributed by atoms with E-state index in [0.717, 1.165) is 11.6 Å². The van der Waals surface area contributed by atoms with Gasteiger partial charge >= 0.3 is 0 Å². The van der Waals surface area contributed by atoms with Gasteiger partial charge in [-0.05, 0) is 36.8 Å². The average molecular weight is 309 g/mol. The lowest BCUT2D eigenvalue weighted by Crippen LogP contribution is -2.35. The van der Waals surface area contributed by atoms with Crippen molar-refractivity contribution in [2.45, 2.75) is 19.6 Å². The van der Waals surface area contributed by atoms with Gasteiger partial charge in [-0.15, -0.1) is 0 Å². The molecular formula is C15H14ClFN2O2. The minimum atomic E-state index is -0.746. The van der Waals surface area contributed by atoms with Crippen LogP contribution in [0.15, 0.2) is 42.7 Å². The highest BCUT2D eigenvalue weighted by molar-refractivity contribution is 6.32. The summed E-state index contributed by atoms with van der Waals surface area (Å²) < 4.78 is 18.4. The van der Waals surface area contributed by atoms with Crippen LogP contribution in [0.1, 0.15) is 12.5 Å². The normalized spacial score (nSPS) is 11.8. The summed E-state index contributed by atoms with van der Waals surface area (Å²) in [7, 11) is 0. The van der Waals surface area contributed by atoms with E-state index in [1.807, 2.05) is 6.07 Å². The number of ether oxygens (including phenoxy) is 1. The number of halogens is 2. The summed E-state index contributed by atoms with van der Waals surface area (Å²) in [5.41, 5.74) is 0.887. The quantitative estimate of drug-likeness (QED) is 0.924. The number of pyridine rings is 1. The SMILES string of the molecule is CC(Oc1ccc(F)cc1Cl)C(=O)NCc1cccnc1. The molecule has 1 aromatic carbocycles. The molecule has 1 aromatic heterocycles. The molecular weight excluding hydrogens is 295 g/mol. The van der Waals surface area contributed by atoms with Gasteiger partial charge in [0.05, 0.1) is 5.02 Å². The van der Waals surface area contributed by atoms with Crippen LogP contribution in [0.4, 0.5) is 4.39 Å². The fraction of sp³-hybridized carbons (Fsp3) is 0.200.